The molecule has 2 aromatic carbocycles. The maximum absolute atomic E-state index is 13.4. The fraction of sp³-hybridized carbons (Fsp3) is 0.100. The Morgan fingerprint density at radius 2 is 1.97 bits per heavy atom. The number of amides is 1. The van der Waals surface area contributed by atoms with E-state index in [0.717, 1.165) is 0 Å². The highest BCUT2D eigenvalue weighted by atomic mass is 35.5. The Kier molecular flexibility index (Phi) is 6.36. The predicted molar refractivity (Wildman–Crippen MR) is 117 cm³/mol. The minimum Gasteiger partial charge on any atom is -0.287 e. The molecule has 0 aliphatic rings. The molecule has 0 radical (unpaired) electrons. The molecule has 6 nitrogen and oxygen atoms in total. The lowest BCUT2D eigenvalue weighted by Crippen LogP contribution is -2.32. The Morgan fingerprint density at radius 1 is 1.24 bits per heavy atom. The summed E-state index contributed by atoms with van der Waals surface area (Å²) < 4.78 is 27.9. The SMILES string of the molecule is C=CCN(c1ccccc1)S(=O)(=O)c1cc(C(=O)N(C)c2nccs2)ccc1Cl. The summed E-state index contributed by atoms with van der Waals surface area (Å²) in [6.07, 6.45) is 3.08. The van der Waals surface area contributed by atoms with E-state index in [9.17, 15) is 13.2 Å². The van der Waals surface area contributed by atoms with Gasteiger partial charge in [0.1, 0.15) is 4.90 Å². The number of halogens is 1. The number of rotatable bonds is 7. The topological polar surface area (TPSA) is 70.6 Å². The molecule has 0 atom stereocenters. The molecule has 0 aliphatic heterocycles. The summed E-state index contributed by atoms with van der Waals surface area (Å²) in [4.78, 5) is 18.1. The third-order valence-electron chi connectivity index (χ3n) is 4.10. The number of hydrogen-bond acceptors (Lipinski definition) is 5. The van der Waals surface area contributed by atoms with Crippen LogP contribution in [0.1, 0.15) is 10.4 Å². The lowest BCUT2D eigenvalue weighted by atomic mass is 10.2. The van der Waals surface area contributed by atoms with Crippen LogP contribution in [0.5, 0.6) is 0 Å². The molecule has 150 valence electrons. The highest BCUT2D eigenvalue weighted by molar-refractivity contribution is 7.93. The van der Waals surface area contributed by atoms with Crippen LogP contribution in [-0.2, 0) is 10.0 Å². The second kappa shape index (κ2) is 8.77. The Balaban J connectivity index is 2.04. The van der Waals surface area contributed by atoms with Gasteiger partial charge in [-0.1, -0.05) is 35.9 Å². The smallest absolute Gasteiger partial charge is 0.266 e. The molecule has 3 aromatic rings. The highest BCUT2D eigenvalue weighted by Gasteiger charge is 2.28. The van der Waals surface area contributed by atoms with E-state index in [4.69, 9.17) is 11.6 Å². The number of para-hydroxylation sites is 1. The third-order valence-corrected chi connectivity index (χ3v) is 7.22. The standard InChI is InChI=1S/C20H18ClN3O3S2/c1-3-12-24(16-7-5-4-6-8-16)29(26,27)18-14-15(9-10-17(18)21)19(25)23(2)20-22-11-13-28-20/h3-11,13-14H,1,12H2,2H3. The zero-order chi connectivity index (χ0) is 21.0. The lowest BCUT2D eigenvalue weighted by Gasteiger charge is -2.24. The van der Waals surface area contributed by atoms with Crippen LogP contribution in [0.3, 0.4) is 0 Å². The van der Waals surface area contributed by atoms with Crippen molar-refractivity contribution < 1.29 is 13.2 Å². The van der Waals surface area contributed by atoms with E-state index >= 15 is 0 Å². The van der Waals surface area contributed by atoms with Crippen LogP contribution in [0.2, 0.25) is 5.02 Å². The van der Waals surface area contributed by atoms with Crippen LogP contribution in [0, 0.1) is 0 Å². The monoisotopic (exact) mass is 447 g/mol. The van der Waals surface area contributed by atoms with Crippen molar-refractivity contribution in [3.63, 3.8) is 0 Å². The van der Waals surface area contributed by atoms with E-state index in [1.165, 1.54) is 44.8 Å². The second-order valence-corrected chi connectivity index (χ2v) is 9.10. The van der Waals surface area contributed by atoms with Crippen molar-refractivity contribution in [3.8, 4) is 0 Å². The van der Waals surface area contributed by atoms with Crippen LogP contribution in [-0.4, -0.2) is 32.9 Å². The molecular weight excluding hydrogens is 430 g/mol. The summed E-state index contributed by atoms with van der Waals surface area (Å²) >= 11 is 7.54. The van der Waals surface area contributed by atoms with Crippen LogP contribution in [0.25, 0.3) is 0 Å². The molecule has 0 bridgehead atoms. The van der Waals surface area contributed by atoms with Gasteiger partial charge < -0.3 is 0 Å². The number of aromatic nitrogens is 1. The van der Waals surface area contributed by atoms with Crippen molar-refractivity contribution >= 4 is 49.7 Å². The first-order chi connectivity index (χ1) is 13.9. The van der Waals surface area contributed by atoms with Crippen LogP contribution in [0.4, 0.5) is 10.8 Å². The molecule has 1 amide bonds. The summed E-state index contributed by atoms with van der Waals surface area (Å²) in [6, 6.07) is 12.8. The molecular formula is C20H18ClN3O3S2. The van der Waals surface area contributed by atoms with Crippen molar-refractivity contribution in [2.24, 2.45) is 0 Å². The Bertz CT molecular complexity index is 1120. The van der Waals surface area contributed by atoms with Gasteiger partial charge >= 0.3 is 0 Å². The molecule has 0 unspecified atom stereocenters. The van der Waals surface area contributed by atoms with Crippen LogP contribution < -0.4 is 9.21 Å². The van der Waals surface area contributed by atoms with Crippen molar-refractivity contribution in [2.45, 2.75) is 4.90 Å². The van der Waals surface area contributed by atoms with E-state index < -0.39 is 10.0 Å². The first-order valence-electron chi connectivity index (χ1n) is 8.52. The molecule has 9 heteroatoms. The average molecular weight is 448 g/mol. The number of thiazole rings is 1. The summed E-state index contributed by atoms with van der Waals surface area (Å²) in [7, 11) is -2.45. The van der Waals surface area contributed by atoms with Crippen LogP contribution in [0.15, 0.2) is 77.7 Å². The molecule has 0 saturated carbocycles. The van der Waals surface area contributed by atoms with Gasteiger partial charge in [0.15, 0.2) is 5.13 Å². The van der Waals surface area contributed by atoms with Gasteiger partial charge in [0.05, 0.1) is 17.3 Å². The third kappa shape index (κ3) is 4.34. The van der Waals surface area contributed by atoms with E-state index in [1.54, 1.807) is 49.0 Å². The van der Waals surface area contributed by atoms with E-state index in [-0.39, 0.29) is 27.9 Å². The van der Waals surface area contributed by atoms with Gasteiger partial charge in [-0.05, 0) is 30.3 Å². The normalized spacial score (nSPS) is 11.1. The van der Waals surface area contributed by atoms with Gasteiger partial charge in [-0.2, -0.15) is 0 Å². The largest absolute Gasteiger partial charge is 0.287 e. The van der Waals surface area contributed by atoms with Crippen molar-refractivity contribution in [1.29, 1.82) is 0 Å². The summed E-state index contributed by atoms with van der Waals surface area (Å²) in [5.41, 5.74) is 0.664. The minimum atomic E-state index is -4.04. The average Bonchev–Trinajstić information content (AvgIpc) is 3.26. The number of anilines is 2. The number of carbonyl (C=O) groups excluding carboxylic acids is 1. The molecule has 29 heavy (non-hydrogen) atoms. The Hall–Kier alpha value is -2.68. The maximum Gasteiger partial charge on any atom is 0.266 e. The number of benzene rings is 2. The van der Waals surface area contributed by atoms with Gasteiger partial charge in [-0.3, -0.25) is 14.0 Å². The van der Waals surface area contributed by atoms with Gasteiger partial charge in [-0.15, -0.1) is 17.9 Å². The first-order valence-corrected chi connectivity index (χ1v) is 11.2. The van der Waals surface area contributed by atoms with Gasteiger partial charge in [-0.25, -0.2) is 13.4 Å². The van der Waals surface area contributed by atoms with Crippen molar-refractivity contribution in [3.05, 3.63) is 83.3 Å². The molecule has 1 heterocycles. The Morgan fingerprint density at radius 3 is 2.59 bits per heavy atom. The predicted octanol–water partition coefficient (Wildman–Crippen LogP) is 4.45. The van der Waals surface area contributed by atoms with E-state index in [0.29, 0.717) is 10.8 Å². The van der Waals surface area contributed by atoms with Gasteiger partial charge in [0.25, 0.3) is 15.9 Å². The molecule has 3 rings (SSSR count). The fourth-order valence-corrected chi connectivity index (χ4v) is 5.21. The molecule has 0 spiro atoms. The zero-order valence-electron chi connectivity index (χ0n) is 15.5. The molecule has 0 fully saturated rings. The number of sulfonamides is 1. The molecule has 0 N–H and O–H groups in total. The number of hydrogen-bond donors (Lipinski definition) is 0. The molecule has 0 aliphatic carbocycles. The second-order valence-electron chi connectivity index (χ2n) is 5.98. The van der Waals surface area contributed by atoms with E-state index in [1.807, 2.05) is 0 Å². The summed E-state index contributed by atoms with van der Waals surface area (Å²) in [5.74, 6) is -0.386. The quantitative estimate of drug-likeness (QED) is 0.501. The Labute approximate surface area is 178 Å². The maximum atomic E-state index is 13.4. The number of nitrogens with zero attached hydrogens (tertiary/aromatic N) is 3. The zero-order valence-corrected chi connectivity index (χ0v) is 17.9. The van der Waals surface area contributed by atoms with Crippen molar-refractivity contribution in [2.75, 3.05) is 22.8 Å². The van der Waals surface area contributed by atoms with Gasteiger partial charge in [0, 0.05) is 24.2 Å². The van der Waals surface area contributed by atoms with E-state index in [2.05, 4.69) is 11.6 Å². The first kappa shape index (κ1) is 21.0. The molecule has 0 saturated heterocycles. The van der Waals surface area contributed by atoms with Gasteiger partial charge in [0.2, 0.25) is 0 Å². The minimum absolute atomic E-state index is 0.0310. The number of carbonyl (C=O) groups is 1. The molecule has 1 aromatic heterocycles. The summed E-state index contributed by atoms with van der Waals surface area (Å²) in [6.45, 7) is 3.70. The fourth-order valence-electron chi connectivity index (χ4n) is 2.67. The highest BCUT2D eigenvalue weighted by Crippen LogP contribution is 2.30. The summed E-state index contributed by atoms with van der Waals surface area (Å²) in [5, 5.41) is 2.29. The van der Waals surface area contributed by atoms with Crippen molar-refractivity contribution in [1.82, 2.24) is 4.98 Å². The lowest BCUT2D eigenvalue weighted by molar-refractivity contribution is 0.0993. The van der Waals surface area contributed by atoms with Crippen LogP contribution >= 0.6 is 22.9 Å².